The third-order valence-electron chi connectivity index (χ3n) is 7.19. The molecule has 1 aromatic rings. The summed E-state index contributed by atoms with van der Waals surface area (Å²) in [5.41, 5.74) is 0. The fraction of sp³-hybridized carbons (Fsp3) is 0.867. The van der Waals surface area contributed by atoms with Crippen LogP contribution in [0.4, 0.5) is 0 Å². The standard InChI is InChI=1S/C30H54N2O7S/c1-40(33,34)38-25-24-35-22-23-37-27-29(39-30-31-19-15-20-32-30)26-36-21-14-9-7-5-3-2-4-6-8-11-16-28-17-12-10-13-18-28/h15,19-20,28-29H,2-14,16-18,21-27H2,1H3. The van der Waals surface area contributed by atoms with E-state index in [2.05, 4.69) is 14.2 Å². The Labute approximate surface area is 243 Å². The summed E-state index contributed by atoms with van der Waals surface area (Å²) in [5.74, 6) is 1.04. The van der Waals surface area contributed by atoms with Crippen molar-refractivity contribution >= 4 is 10.1 Å². The van der Waals surface area contributed by atoms with E-state index in [1.165, 1.54) is 96.3 Å². The van der Waals surface area contributed by atoms with E-state index in [0.717, 1.165) is 18.6 Å². The number of rotatable bonds is 26. The number of ether oxygens (including phenoxy) is 4. The quantitative estimate of drug-likeness (QED) is 0.0937. The first kappa shape index (κ1) is 34.9. The van der Waals surface area contributed by atoms with E-state index in [-0.39, 0.29) is 25.3 Å². The molecule has 1 heterocycles. The topological polar surface area (TPSA) is 106 Å². The average Bonchev–Trinajstić information content (AvgIpc) is 2.95. The highest BCUT2D eigenvalue weighted by atomic mass is 32.2. The second kappa shape index (κ2) is 23.3. The molecule has 1 aliphatic rings. The summed E-state index contributed by atoms with van der Waals surface area (Å²) in [7, 11) is -3.44. The van der Waals surface area contributed by atoms with Gasteiger partial charge in [0.25, 0.3) is 10.1 Å². The van der Waals surface area contributed by atoms with Crippen molar-refractivity contribution in [1.29, 1.82) is 0 Å². The Morgan fingerprint density at radius 1 is 0.725 bits per heavy atom. The van der Waals surface area contributed by atoms with E-state index < -0.39 is 10.1 Å². The highest BCUT2D eigenvalue weighted by Gasteiger charge is 2.14. The molecule has 0 N–H and O–H groups in total. The SMILES string of the molecule is CS(=O)(=O)OCCOCCOCC(COCCCCCCCCCCCCC1CCCCC1)Oc1ncccn1. The van der Waals surface area contributed by atoms with Crippen LogP contribution in [0.1, 0.15) is 103 Å². The van der Waals surface area contributed by atoms with Gasteiger partial charge in [0.2, 0.25) is 0 Å². The number of hydrogen-bond acceptors (Lipinski definition) is 9. The van der Waals surface area contributed by atoms with E-state index in [9.17, 15) is 8.42 Å². The molecule has 0 aliphatic heterocycles. The maximum Gasteiger partial charge on any atom is 0.316 e. The molecule has 1 saturated carbocycles. The molecular formula is C30H54N2O7S. The summed E-state index contributed by atoms with van der Waals surface area (Å²) in [6.07, 6.45) is 26.0. The first-order chi connectivity index (χ1) is 19.5. The molecule has 232 valence electrons. The molecule has 1 unspecified atom stereocenters. The normalized spacial score (nSPS) is 15.3. The van der Waals surface area contributed by atoms with Crippen LogP contribution < -0.4 is 4.74 Å². The Bertz CT molecular complexity index is 808. The summed E-state index contributed by atoms with van der Waals surface area (Å²) >= 11 is 0. The summed E-state index contributed by atoms with van der Waals surface area (Å²) in [5, 5.41) is 0. The van der Waals surface area contributed by atoms with Crippen molar-refractivity contribution in [1.82, 2.24) is 9.97 Å². The monoisotopic (exact) mass is 586 g/mol. The van der Waals surface area contributed by atoms with Crippen molar-refractivity contribution in [3.05, 3.63) is 18.5 Å². The predicted octanol–water partition coefficient (Wildman–Crippen LogP) is 6.12. The predicted molar refractivity (Wildman–Crippen MR) is 157 cm³/mol. The number of aromatic nitrogens is 2. The first-order valence-electron chi connectivity index (χ1n) is 15.5. The van der Waals surface area contributed by atoms with Crippen LogP contribution in [-0.4, -0.2) is 77.0 Å². The molecule has 10 heteroatoms. The molecule has 9 nitrogen and oxygen atoms in total. The first-order valence-corrected chi connectivity index (χ1v) is 17.4. The summed E-state index contributed by atoms with van der Waals surface area (Å²) in [6.45, 7) is 2.23. The highest BCUT2D eigenvalue weighted by molar-refractivity contribution is 7.85. The molecule has 0 spiro atoms. The molecule has 0 radical (unpaired) electrons. The Kier molecular flexibility index (Phi) is 20.3. The van der Waals surface area contributed by atoms with Crippen LogP contribution in [-0.2, 0) is 28.5 Å². The summed E-state index contributed by atoms with van der Waals surface area (Å²) in [4.78, 5) is 8.23. The smallest absolute Gasteiger partial charge is 0.316 e. The Morgan fingerprint density at radius 2 is 1.27 bits per heavy atom. The van der Waals surface area contributed by atoms with Gasteiger partial charge in [-0.15, -0.1) is 0 Å². The zero-order valence-electron chi connectivity index (χ0n) is 24.8. The van der Waals surface area contributed by atoms with Crippen molar-refractivity contribution in [2.45, 2.75) is 109 Å². The summed E-state index contributed by atoms with van der Waals surface area (Å²) in [6, 6.07) is 2.02. The molecule has 1 fully saturated rings. The lowest BCUT2D eigenvalue weighted by atomic mass is 9.85. The van der Waals surface area contributed by atoms with Crippen molar-refractivity contribution < 1.29 is 31.5 Å². The fourth-order valence-corrected chi connectivity index (χ4v) is 5.40. The van der Waals surface area contributed by atoms with Gasteiger partial charge in [0.15, 0.2) is 0 Å². The van der Waals surface area contributed by atoms with Crippen molar-refractivity contribution in [2.24, 2.45) is 5.92 Å². The van der Waals surface area contributed by atoms with Gasteiger partial charge in [-0.05, 0) is 18.4 Å². The van der Waals surface area contributed by atoms with Gasteiger partial charge in [0, 0.05) is 19.0 Å². The van der Waals surface area contributed by atoms with E-state index >= 15 is 0 Å². The van der Waals surface area contributed by atoms with E-state index in [1.807, 2.05) is 0 Å². The molecule has 40 heavy (non-hydrogen) atoms. The van der Waals surface area contributed by atoms with Crippen LogP contribution in [0.5, 0.6) is 6.01 Å². The van der Waals surface area contributed by atoms with Crippen molar-refractivity contribution in [3.63, 3.8) is 0 Å². The number of hydrogen-bond donors (Lipinski definition) is 0. The zero-order valence-corrected chi connectivity index (χ0v) is 25.6. The van der Waals surface area contributed by atoms with Crippen LogP contribution in [0.2, 0.25) is 0 Å². The van der Waals surface area contributed by atoms with Crippen LogP contribution >= 0.6 is 0 Å². The zero-order chi connectivity index (χ0) is 28.6. The van der Waals surface area contributed by atoms with Gasteiger partial charge in [-0.25, -0.2) is 9.97 Å². The van der Waals surface area contributed by atoms with Crippen molar-refractivity contribution in [2.75, 3.05) is 52.5 Å². The number of nitrogens with zero attached hydrogens (tertiary/aromatic N) is 2. The van der Waals surface area contributed by atoms with Gasteiger partial charge in [-0.3, -0.25) is 4.18 Å². The molecule has 0 bridgehead atoms. The summed E-state index contributed by atoms with van der Waals surface area (Å²) < 4.78 is 49.2. The molecule has 0 aromatic carbocycles. The maximum atomic E-state index is 10.9. The molecule has 0 saturated heterocycles. The van der Waals surface area contributed by atoms with Crippen LogP contribution in [0, 0.1) is 5.92 Å². The molecule has 1 aliphatic carbocycles. The van der Waals surface area contributed by atoms with Crippen LogP contribution in [0.15, 0.2) is 18.5 Å². The molecule has 0 amide bonds. The minimum atomic E-state index is -3.44. The number of unbranched alkanes of at least 4 members (excludes halogenated alkanes) is 9. The highest BCUT2D eigenvalue weighted by Crippen LogP contribution is 2.28. The Morgan fingerprint density at radius 3 is 1.93 bits per heavy atom. The fourth-order valence-electron chi connectivity index (χ4n) is 5.03. The molecular weight excluding hydrogens is 532 g/mol. The van der Waals surface area contributed by atoms with E-state index in [1.54, 1.807) is 18.5 Å². The molecule has 2 rings (SSSR count). The minimum absolute atomic E-state index is 0.00985. The van der Waals surface area contributed by atoms with Gasteiger partial charge in [0.1, 0.15) is 6.10 Å². The third-order valence-corrected chi connectivity index (χ3v) is 7.79. The van der Waals surface area contributed by atoms with Crippen LogP contribution in [0.25, 0.3) is 0 Å². The van der Waals surface area contributed by atoms with Gasteiger partial charge in [-0.2, -0.15) is 8.42 Å². The van der Waals surface area contributed by atoms with Crippen molar-refractivity contribution in [3.8, 4) is 6.01 Å². The van der Waals surface area contributed by atoms with Gasteiger partial charge < -0.3 is 18.9 Å². The lowest BCUT2D eigenvalue weighted by Crippen LogP contribution is -2.30. The Hall–Kier alpha value is -1.33. The molecule has 1 atom stereocenters. The van der Waals surface area contributed by atoms with E-state index in [4.69, 9.17) is 18.9 Å². The van der Waals surface area contributed by atoms with Crippen LogP contribution in [0.3, 0.4) is 0 Å². The average molecular weight is 587 g/mol. The maximum absolute atomic E-state index is 10.9. The lowest BCUT2D eigenvalue weighted by Gasteiger charge is -2.21. The second-order valence-electron chi connectivity index (χ2n) is 10.9. The minimum Gasteiger partial charge on any atom is -0.455 e. The van der Waals surface area contributed by atoms with Gasteiger partial charge in [-0.1, -0.05) is 96.3 Å². The van der Waals surface area contributed by atoms with E-state index in [0.29, 0.717) is 33.0 Å². The van der Waals surface area contributed by atoms with Gasteiger partial charge >= 0.3 is 6.01 Å². The molecule has 1 aromatic heterocycles. The largest absolute Gasteiger partial charge is 0.455 e. The third kappa shape index (κ3) is 20.5. The van der Waals surface area contributed by atoms with Gasteiger partial charge in [0.05, 0.1) is 45.9 Å². The second-order valence-corrected chi connectivity index (χ2v) is 12.5. The lowest BCUT2D eigenvalue weighted by molar-refractivity contribution is -0.0268. The Balaban J connectivity index is 1.42.